The minimum Gasteiger partial charge on any atom is -0.345 e. The zero-order chi connectivity index (χ0) is 22.8. The van der Waals surface area contributed by atoms with Gasteiger partial charge >= 0.3 is 0 Å². The van der Waals surface area contributed by atoms with Crippen LogP contribution in [0.3, 0.4) is 0 Å². The summed E-state index contributed by atoms with van der Waals surface area (Å²) in [6.45, 7) is 4.75. The van der Waals surface area contributed by atoms with Gasteiger partial charge in [0.05, 0.1) is 12.2 Å². The Hall–Kier alpha value is -4.33. The Morgan fingerprint density at radius 3 is 2.42 bits per heavy atom. The van der Waals surface area contributed by atoms with Crippen LogP contribution in [0.1, 0.15) is 33.1 Å². The molecular weight excluding hydrogens is 414 g/mol. The second-order valence-electron chi connectivity index (χ2n) is 7.92. The fourth-order valence-electron chi connectivity index (χ4n) is 3.80. The van der Waals surface area contributed by atoms with Gasteiger partial charge in [0.15, 0.2) is 0 Å². The third-order valence-electron chi connectivity index (χ3n) is 5.33. The number of carbonyl (C=O) groups excluding carboxylic acids is 1. The maximum Gasteiger partial charge on any atom is 0.291 e. The van der Waals surface area contributed by atoms with Gasteiger partial charge in [-0.3, -0.25) is 9.48 Å². The van der Waals surface area contributed by atoms with Gasteiger partial charge in [-0.2, -0.15) is 10.1 Å². The van der Waals surface area contributed by atoms with Crippen molar-refractivity contribution in [3.63, 3.8) is 0 Å². The number of amides is 1. The summed E-state index contributed by atoms with van der Waals surface area (Å²) in [4.78, 5) is 21.5. The van der Waals surface area contributed by atoms with Crippen LogP contribution in [0.2, 0.25) is 0 Å². The summed E-state index contributed by atoms with van der Waals surface area (Å²) in [6.07, 6.45) is 1.97. The summed E-state index contributed by atoms with van der Waals surface area (Å²) < 4.78 is 3.48. The lowest BCUT2D eigenvalue weighted by molar-refractivity contribution is 0.0941. The van der Waals surface area contributed by atoms with Crippen LogP contribution in [0.5, 0.6) is 0 Å². The number of nitrogens with zero attached hydrogens (tertiary/aromatic N) is 6. The molecule has 0 aliphatic heterocycles. The van der Waals surface area contributed by atoms with Crippen molar-refractivity contribution >= 4 is 11.7 Å². The number of aryl methyl sites for hydroxylation is 2. The van der Waals surface area contributed by atoms with E-state index in [2.05, 4.69) is 32.5 Å². The maximum atomic E-state index is 12.8. The first-order valence-electron chi connectivity index (χ1n) is 10.7. The van der Waals surface area contributed by atoms with Crippen molar-refractivity contribution in [2.45, 2.75) is 26.9 Å². The molecule has 0 fully saturated rings. The lowest BCUT2D eigenvalue weighted by atomic mass is 10.1. The summed E-state index contributed by atoms with van der Waals surface area (Å²) in [5.74, 6) is 0.153. The fraction of sp³-hybridized carbons (Fsp3) is 0.160. The van der Waals surface area contributed by atoms with Crippen LogP contribution in [-0.4, -0.2) is 35.3 Å². The molecular formula is C25H23N7O. The van der Waals surface area contributed by atoms with Gasteiger partial charge in [-0.05, 0) is 25.5 Å². The predicted molar refractivity (Wildman–Crippen MR) is 125 cm³/mol. The number of benzene rings is 2. The number of nitrogens with one attached hydrogen (secondary N) is 1. The lowest BCUT2D eigenvalue weighted by Crippen LogP contribution is -2.24. The van der Waals surface area contributed by atoms with Crippen molar-refractivity contribution in [2.24, 2.45) is 0 Å². The molecule has 33 heavy (non-hydrogen) atoms. The molecule has 3 aromatic heterocycles. The smallest absolute Gasteiger partial charge is 0.291 e. The highest BCUT2D eigenvalue weighted by Crippen LogP contribution is 2.22. The number of rotatable bonds is 6. The van der Waals surface area contributed by atoms with E-state index in [0.29, 0.717) is 18.9 Å². The van der Waals surface area contributed by atoms with Crippen LogP contribution in [0.15, 0.2) is 72.9 Å². The van der Waals surface area contributed by atoms with E-state index < -0.39 is 0 Å². The Morgan fingerprint density at radius 2 is 1.67 bits per heavy atom. The normalized spacial score (nSPS) is 11.1. The molecule has 0 bridgehead atoms. The van der Waals surface area contributed by atoms with E-state index in [9.17, 15) is 4.79 Å². The minimum atomic E-state index is -0.354. The van der Waals surface area contributed by atoms with Gasteiger partial charge in [-0.1, -0.05) is 60.7 Å². The van der Waals surface area contributed by atoms with Crippen LogP contribution in [0.4, 0.5) is 0 Å². The summed E-state index contributed by atoms with van der Waals surface area (Å²) in [5, 5.41) is 12.1. The van der Waals surface area contributed by atoms with E-state index in [1.54, 1.807) is 4.52 Å². The van der Waals surface area contributed by atoms with Crippen molar-refractivity contribution in [3.8, 4) is 11.3 Å². The molecule has 8 heteroatoms. The molecule has 5 rings (SSSR count). The Labute approximate surface area is 190 Å². The van der Waals surface area contributed by atoms with Gasteiger partial charge < -0.3 is 5.32 Å². The van der Waals surface area contributed by atoms with E-state index >= 15 is 0 Å². The first-order chi connectivity index (χ1) is 16.1. The van der Waals surface area contributed by atoms with Crippen molar-refractivity contribution < 1.29 is 4.79 Å². The van der Waals surface area contributed by atoms with Crippen LogP contribution < -0.4 is 5.32 Å². The molecule has 0 unspecified atom stereocenters. The molecule has 0 spiro atoms. The van der Waals surface area contributed by atoms with E-state index in [1.165, 1.54) is 0 Å². The molecule has 0 aliphatic rings. The van der Waals surface area contributed by atoms with Crippen LogP contribution in [0, 0.1) is 13.8 Å². The Balaban J connectivity index is 1.40. The second kappa shape index (κ2) is 8.66. The maximum absolute atomic E-state index is 12.8. The molecule has 0 radical (unpaired) electrons. The lowest BCUT2D eigenvalue weighted by Gasteiger charge is -2.03. The molecule has 2 aromatic carbocycles. The predicted octanol–water partition coefficient (Wildman–Crippen LogP) is 3.58. The zero-order valence-corrected chi connectivity index (χ0v) is 18.4. The third kappa shape index (κ3) is 4.36. The number of fused-ring (bicyclic) bond motifs is 1. The van der Waals surface area contributed by atoms with Gasteiger partial charge in [-0.15, -0.1) is 5.10 Å². The summed E-state index contributed by atoms with van der Waals surface area (Å²) in [7, 11) is 0. The third-order valence-corrected chi connectivity index (χ3v) is 5.33. The average Bonchev–Trinajstić information content (AvgIpc) is 3.43. The van der Waals surface area contributed by atoms with Crippen molar-refractivity contribution in [3.05, 3.63) is 101 Å². The molecule has 1 N–H and O–H groups in total. The number of carbonyl (C=O) groups is 1. The van der Waals surface area contributed by atoms with Crippen molar-refractivity contribution in [2.75, 3.05) is 0 Å². The number of hydrogen-bond donors (Lipinski definition) is 1. The summed E-state index contributed by atoms with van der Waals surface area (Å²) >= 11 is 0. The van der Waals surface area contributed by atoms with E-state index in [1.807, 2.05) is 79.3 Å². The monoisotopic (exact) mass is 437 g/mol. The molecule has 0 saturated heterocycles. The molecule has 5 aromatic rings. The molecule has 164 valence electrons. The Bertz CT molecular complexity index is 1420. The molecule has 0 atom stereocenters. The highest BCUT2D eigenvalue weighted by molar-refractivity contribution is 5.90. The van der Waals surface area contributed by atoms with Crippen LogP contribution >= 0.6 is 0 Å². The van der Waals surface area contributed by atoms with Gasteiger partial charge in [-0.25, -0.2) is 9.50 Å². The average molecular weight is 438 g/mol. The first-order valence-corrected chi connectivity index (χ1v) is 10.7. The second-order valence-corrected chi connectivity index (χ2v) is 7.92. The van der Waals surface area contributed by atoms with Crippen LogP contribution in [0.25, 0.3) is 17.0 Å². The van der Waals surface area contributed by atoms with Gasteiger partial charge in [0.2, 0.25) is 5.82 Å². The number of hydrogen-bond acceptors (Lipinski definition) is 5. The van der Waals surface area contributed by atoms with E-state index in [4.69, 9.17) is 5.10 Å². The van der Waals surface area contributed by atoms with E-state index in [-0.39, 0.29) is 11.7 Å². The highest BCUT2D eigenvalue weighted by atomic mass is 16.2. The Kier molecular flexibility index (Phi) is 5.40. The SMILES string of the molecule is Cc1cc(C)n2nc(C(=O)NCc3cn(Cc4ccccc4)nc3-c3ccccc3)nc2n1. The topological polar surface area (TPSA) is 90.0 Å². The number of aromatic nitrogens is 6. The molecule has 0 saturated carbocycles. The van der Waals surface area contributed by atoms with Gasteiger partial charge in [0.25, 0.3) is 11.7 Å². The van der Waals surface area contributed by atoms with Gasteiger partial charge in [0, 0.05) is 35.3 Å². The fourth-order valence-corrected chi connectivity index (χ4v) is 3.80. The highest BCUT2D eigenvalue weighted by Gasteiger charge is 2.17. The van der Waals surface area contributed by atoms with E-state index in [0.717, 1.165) is 33.8 Å². The van der Waals surface area contributed by atoms with Crippen LogP contribution in [-0.2, 0) is 13.1 Å². The summed E-state index contributed by atoms with van der Waals surface area (Å²) in [5.41, 5.74) is 5.61. The molecule has 3 heterocycles. The van der Waals surface area contributed by atoms with Crippen molar-refractivity contribution in [1.82, 2.24) is 34.7 Å². The molecule has 8 nitrogen and oxygen atoms in total. The Morgan fingerprint density at radius 1 is 0.939 bits per heavy atom. The zero-order valence-electron chi connectivity index (χ0n) is 18.4. The largest absolute Gasteiger partial charge is 0.345 e. The standard InChI is InChI=1S/C25H23N7O/c1-17-13-18(2)32-25(27-17)28-23(30-32)24(33)26-14-21-16-31(15-19-9-5-3-6-10-19)29-22(21)20-11-7-4-8-12-20/h3-13,16H,14-15H2,1-2H3,(H,26,33). The van der Waals surface area contributed by atoms with Crippen molar-refractivity contribution in [1.29, 1.82) is 0 Å². The van der Waals surface area contributed by atoms with Gasteiger partial charge in [0.1, 0.15) is 0 Å². The summed E-state index contributed by atoms with van der Waals surface area (Å²) in [6, 6.07) is 22.0. The minimum absolute atomic E-state index is 0.0918. The molecule has 0 aliphatic carbocycles. The molecule has 1 amide bonds. The first kappa shape index (κ1) is 20.6. The quantitative estimate of drug-likeness (QED) is 0.439.